The number of amides is 5. The fourth-order valence-corrected chi connectivity index (χ4v) is 4.77. The standard InChI is InChI=1S/C25H32N4O6/c30-20(27-16-12-14-35-15-16)9-4-2-1-3-5-13-26-18-8-6-7-17-22(18)25(34)29(24(17)33)19-10-11-21(31)28-23(19)32/h6-8,16,19,26H,1-5,9-15H2,(H,27,30)(H,28,31,32)/t16-,19?/m0/s1. The van der Waals surface area contributed by atoms with Gasteiger partial charge in [0.25, 0.3) is 11.8 Å². The summed E-state index contributed by atoms with van der Waals surface area (Å²) in [6.45, 7) is 1.96. The van der Waals surface area contributed by atoms with Crippen LogP contribution in [0.25, 0.3) is 0 Å². The lowest BCUT2D eigenvalue weighted by atomic mass is 10.0. The predicted octanol–water partition coefficient (Wildman–Crippen LogP) is 1.75. The molecule has 3 aliphatic heterocycles. The number of hydrogen-bond acceptors (Lipinski definition) is 7. The first kappa shape index (κ1) is 24.8. The van der Waals surface area contributed by atoms with Crippen LogP contribution in [0.5, 0.6) is 0 Å². The number of fused-ring (bicyclic) bond motifs is 1. The molecule has 0 bridgehead atoms. The Kier molecular flexibility index (Phi) is 8.12. The number of ether oxygens (including phenoxy) is 1. The number of piperidine rings is 1. The van der Waals surface area contributed by atoms with E-state index in [0.717, 1.165) is 43.4 Å². The quantitative estimate of drug-likeness (QED) is 0.322. The average molecular weight is 485 g/mol. The summed E-state index contributed by atoms with van der Waals surface area (Å²) in [5.74, 6) is -1.94. The molecule has 0 spiro atoms. The van der Waals surface area contributed by atoms with E-state index in [0.29, 0.717) is 31.9 Å². The zero-order valence-electron chi connectivity index (χ0n) is 19.8. The fraction of sp³-hybridized carbons (Fsp3) is 0.560. The number of imide groups is 2. The minimum Gasteiger partial charge on any atom is -0.384 e. The molecule has 35 heavy (non-hydrogen) atoms. The van der Waals surface area contributed by atoms with Crippen LogP contribution >= 0.6 is 0 Å². The molecule has 2 saturated heterocycles. The molecule has 1 aromatic carbocycles. The van der Waals surface area contributed by atoms with Crippen molar-refractivity contribution in [2.75, 3.05) is 25.1 Å². The van der Waals surface area contributed by atoms with E-state index < -0.39 is 29.7 Å². The zero-order valence-corrected chi connectivity index (χ0v) is 19.8. The van der Waals surface area contributed by atoms with Crippen LogP contribution in [-0.4, -0.2) is 66.3 Å². The van der Waals surface area contributed by atoms with Crippen molar-refractivity contribution in [2.45, 2.75) is 69.9 Å². The molecule has 10 heteroatoms. The predicted molar refractivity (Wildman–Crippen MR) is 127 cm³/mol. The van der Waals surface area contributed by atoms with Gasteiger partial charge in [0, 0.05) is 31.7 Å². The largest absolute Gasteiger partial charge is 0.384 e. The van der Waals surface area contributed by atoms with Gasteiger partial charge in [-0.15, -0.1) is 0 Å². The zero-order chi connectivity index (χ0) is 24.8. The first-order chi connectivity index (χ1) is 17.0. The van der Waals surface area contributed by atoms with Gasteiger partial charge in [0.05, 0.1) is 23.8 Å². The molecule has 1 unspecified atom stereocenters. The highest BCUT2D eigenvalue weighted by Crippen LogP contribution is 2.32. The minimum absolute atomic E-state index is 0.0886. The Balaban J connectivity index is 1.19. The van der Waals surface area contributed by atoms with Gasteiger partial charge in [0.2, 0.25) is 17.7 Å². The van der Waals surface area contributed by atoms with Crippen LogP contribution in [0, 0.1) is 0 Å². The second kappa shape index (κ2) is 11.4. The monoisotopic (exact) mass is 484 g/mol. The Bertz CT molecular complexity index is 1000. The third kappa shape index (κ3) is 5.87. The molecule has 188 valence electrons. The molecule has 4 rings (SSSR count). The molecule has 2 fully saturated rings. The van der Waals surface area contributed by atoms with Gasteiger partial charge in [-0.05, 0) is 37.8 Å². The van der Waals surface area contributed by atoms with Crippen molar-refractivity contribution in [1.82, 2.24) is 15.5 Å². The van der Waals surface area contributed by atoms with Gasteiger partial charge in [-0.2, -0.15) is 0 Å². The number of carbonyl (C=O) groups is 5. The van der Waals surface area contributed by atoms with Gasteiger partial charge >= 0.3 is 0 Å². The maximum atomic E-state index is 13.1. The summed E-state index contributed by atoms with van der Waals surface area (Å²) in [6, 6.07) is 4.24. The van der Waals surface area contributed by atoms with Gasteiger partial charge in [-0.3, -0.25) is 34.2 Å². The topological polar surface area (TPSA) is 134 Å². The third-order valence-electron chi connectivity index (χ3n) is 6.66. The van der Waals surface area contributed by atoms with Crippen LogP contribution in [0.4, 0.5) is 5.69 Å². The van der Waals surface area contributed by atoms with Crippen LogP contribution in [0.15, 0.2) is 18.2 Å². The molecule has 3 N–H and O–H groups in total. The van der Waals surface area contributed by atoms with E-state index in [1.807, 2.05) is 0 Å². The van der Waals surface area contributed by atoms with Crippen molar-refractivity contribution in [2.24, 2.45) is 0 Å². The number of benzene rings is 1. The van der Waals surface area contributed by atoms with Crippen molar-refractivity contribution < 1.29 is 28.7 Å². The van der Waals surface area contributed by atoms with E-state index in [2.05, 4.69) is 16.0 Å². The summed E-state index contributed by atoms with van der Waals surface area (Å²) in [6.07, 6.45) is 6.35. The molecule has 2 atom stereocenters. The van der Waals surface area contributed by atoms with Crippen molar-refractivity contribution in [1.29, 1.82) is 0 Å². The number of nitrogens with zero attached hydrogens (tertiary/aromatic N) is 1. The maximum absolute atomic E-state index is 13.1. The van der Waals surface area contributed by atoms with Gasteiger partial charge in [-0.25, -0.2) is 0 Å². The van der Waals surface area contributed by atoms with Crippen molar-refractivity contribution >= 4 is 35.2 Å². The highest BCUT2D eigenvalue weighted by Gasteiger charge is 2.45. The number of carbonyl (C=O) groups excluding carboxylic acids is 5. The van der Waals surface area contributed by atoms with E-state index >= 15 is 0 Å². The van der Waals surface area contributed by atoms with Crippen molar-refractivity contribution in [3.8, 4) is 0 Å². The molecule has 0 saturated carbocycles. The number of anilines is 1. The van der Waals surface area contributed by atoms with Crippen LogP contribution in [0.1, 0.15) is 78.5 Å². The molecule has 3 heterocycles. The number of unbranched alkanes of at least 4 members (excludes halogenated alkanes) is 4. The second-order valence-electron chi connectivity index (χ2n) is 9.25. The summed E-state index contributed by atoms with van der Waals surface area (Å²) < 4.78 is 5.26. The smallest absolute Gasteiger partial charge is 0.264 e. The molecular weight excluding hydrogens is 452 g/mol. The van der Waals surface area contributed by atoms with Crippen LogP contribution in [0.2, 0.25) is 0 Å². The SMILES string of the molecule is O=C1CCC(N2C(=O)c3cccc(NCCCCCCCC(=O)N[C@H]4CCOC4)c3C2=O)C(=O)N1. The van der Waals surface area contributed by atoms with Crippen LogP contribution in [-0.2, 0) is 19.1 Å². The van der Waals surface area contributed by atoms with E-state index in [9.17, 15) is 24.0 Å². The Morgan fingerprint density at radius 1 is 1.03 bits per heavy atom. The van der Waals surface area contributed by atoms with Crippen molar-refractivity contribution in [3.05, 3.63) is 29.3 Å². The van der Waals surface area contributed by atoms with E-state index in [1.54, 1.807) is 18.2 Å². The molecule has 0 aliphatic carbocycles. The average Bonchev–Trinajstić information content (AvgIpc) is 3.43. The van der Waals surface area contributed by atoms with Gasteiger partial charge < -0.3 is 15.4 Å². The molecular formula is C25H32N4O6. The Morgan fingerprint density at radius 3 is 2.60 bits per heavy atom. The number of rotatable bonds is 11. The van der Waals surface area contributed by atoms with Gasteiger partial charge in [0.1, 0.15) is 6.04 Å². The number of hydrogen-bond donors (Lipinski definition) is 3. The van der Waals surface area contributed by atoms with Crippen LogP contribution < -0.4 is 16.0 Å². The highest BCUT2D eigenvalue weighted by molar-refractivity contribution is 6.25. The van der Waals surface area contributed by atoms with Crippen LogP contribution in [0.3, 0.4) is 0 Å². The van der Waals surface area contributed by atoms with E-state index in [-0.39, 0.29) is 35.9 Å². The van der Waals surface area contributed by atoms with E-state index in [4.69, 9.17) is 4.74 Å². The molecule has 10 nitrogen and oxygen atoms in total. The molecule has 3 aliphatic rings. The molecule has 0 radical (unpaired) electrons. The Hall–Kier alpha value is -3.27. The maximum Gasteiger partial charge on any atom is 0.264 e. The Morgan fingerprint density at radius 2 is 1.83 bits per heavy atom. The summed E-state index contributed by atoms with van der Waals surface area (Å²) >= 11 is 0. The first-order valence-corrected chi connectivity index (χ1v) is 12.4. The first-order valence-electron chi connectivity index (χ1n) is 12.4. The van der Waals surface area contributed by atoms with Gasteiger partial charge in [0.15, 0.2) is 0 Å². The minimum atomic E-state index is -0.971. The number of nitrogens with one attached hydrogen (secondary N) is 3. The summed E-state index contributed by atoms with van der Waals surface area (Å²) in [5, 5.41) is 8.46. The third-order valence-corrected chi connectivity index (χ3v) is 6.66. The summed E-state index contributed by atoms with van der Waals surface area (Å²) in [7, 11) is 0. The second-order valence-corrected chi connectivity index (χ2v) is 9.25. The molecule has 1 aromatic rings. The lowest BCUT2D eigenvalue weighted by molar-refractivity contribution is -0.136. The summed E-state index contributed by atoms with van der Waals surface area (Å²) in [4.78, 5) is 62.5. The summed E-state index contributed by atoms with van der Waals surface area (Å²) in [5.41, 5.74) is 1.12. The van der Waals surface area contributed by atoms with Crippen molar-refractivity contribution in [3.63, 3.8) is 0 Å². The molecule has 0 aromatic heterocycles. The van der Waals surface area contributed by atoms with Gasteiger partial charge in [-0.1, -0.05) is 25.3 Å². The Labute approximate surface area is 204 Å². The van der Waals surface area contributed by atoms with E-state index in [1.165, 1.54) is 0 Å². The molecule has 5 amide bonds. The lowest BCUT2D eigenvalue weighted by Gasteiger charge is -2.27. The fourth-order valence-electron chi connectivity index (χ4n) is 4.77. The highest BCUT2D eigenvalue weighted by atomic mass is 16.5. The normalized spacial score (nSPS) is 21.8. The lowest BCUT2D eigenvalue weighted by Crippen LogP contribution is -2.54.